The van der Waals surface area contributed by atoms with E-state index in [4.69, 9.17) is 9.84 Å². The molecule has 0 aliphatic rings. The van der Waals surface area contributed by atoms with E-state index in [1.54, 1.807) is 0 Å². The molecule has 0 aliphatic heterocycles. The first-order valence-corrected chi connectivity index (χ1v) is 6.85. The molecule has 4 nitrogen and oxygen atoms in total. The van der Waals surface area contributed by atoms with E-state index < -0.39 is 6.10 Å². The van der Waals surface area contributed by atoms with Gasteiger partial charge in [-0.25, -0.2) is 0 Å². The van der Waals surface area contributed by atoms with Crippen LogP contribution in [0.3, 0.4) is 0 Å². The lowest BCUT2D eigenvalue weighted by molar-refractivity contribution is 0.0995. The molecule has 0 aliphatic carbocycles. The summed E-state index contributed by atoms with van der Waals surface area (Å²) in [6, 6.07) is 7.49. The first-order valence-electron chi connectivity index (χ1n) is 6.06. The third-order valence-electron chi connectivity index (χ3n) is 2.61. The SMILES string of the molecule is CC[C@H](CO)NC[C@H](O)COc1ccc(Br)cc1. The second kappa shape index (κ2) is 8.48. The maximum absolute atomic E-state index is 9.73. The fourth-order valence-electron chi connectivity index (χ4n) is 1.42. The third-order valence-corrected chi connectivity index (χ3v) is 3.14. The smallest absolute Gasteiger partial charge is 0.119 e. The molecular formula is C13H20BrNO3. The van der Waals surface area contributed by atoms with Gasteiger partial charge in [-0.1, -0.05) is 22.9 Å². The molecule has 2 atom stereocenters. The monoisotopic (exact) mass is 317 g/mol. The van der Waals surface area contributed by atoms with E-state index in [0.717, 1.165) is 16.6 Å². The molecule has 18 heavy (non-hydrogen) atoms. The van der Waals surface area contributed by atoms with Gasteiger partial charge in [0, 0.05) is 17.1 Å². The van der Waals surface area contributed by atoms with Crippen LogP contribution in [0, 0.1) is 0 Å². The quantitative estimate of drug-likeness (QED) is 0.681. The maximum atomic E-state index is 9.73. The molecule has 0 heterocycles. The topological polar surface area (TPSA) is 61.7 Å². The molecule has 0 saturated heterocycles. The number of halogens is 1. The average molecular weight is 318 g/mol. The molecule has 0 spiro atoms. The van der Waals surface area contributed by atoms with Gasteiger partial charge in [0.2, 0.25) is 0 Å². The van der Waals surface area contributed by atoms with Gasteiger partial charge in [-0.2, -0.15) is 0 Å². The summed E-state index contributed by atoms with van der Waals surface area (Å²) in [6.45, 7) is 2.71. The minimum Gasteiger partial charge on any atom is -0.491 e. The molecular weight excluding hydrogens is 298 g/mol. The molecule has 5 heteroatoms. The lowest BCUT2D eigenvalue weighted by atomic mass is 10.2. The number of hydrogen-bond acceptors (Lipinski definition) is 4. The third kappa shape index (κ3) is 5.82. The number of nitrogens with one attached hydrogen (secondary N) is 1. The van der Waals surface area contributed by atoms with Crippen molar-refractivity contribution in [3.63, 3.8) is 0 Å². The molecule has 1 aromatic carbocycles. The van der Waals surface area contributed by atoms with Crippen molar-refractivity contribution in [1.29, 1.82) is 0 Å². The van der Waals surface area contributed by atoms with Gasteiger partial charge in [-0.05, 0) is 30.7 Å². The fraction of sp³-hybridized carbons (Fsp3) is 0.538. The zero-order chi connectivity index (χ0) is 13.4. The number of hydrogen-bond donors (Lipinski definition) is 3. The number of rotatable bonds is 8. The van der Waals surface area contributed by atoms with E-state index in [-0.39, 0.29) is 19.3 Å². The summed E-state index contributed by atoms with van der Waals surface area (Å²) in [4.78, 5) is 0. The molecule has 0 saturated carbocycles. The molecule has 0 radical (unpaired) electrons. The van der Waals surface area contributed by atoms with Gasteiger partial charge in [0.05, 0.1) is 6.61 Å². The molecule has 0 fully saturated rings. The molecule has 102 valence electrons. The van der Waals surface area contributed by atoms with Gasteiger partial charge in [0.1, 0.15) is 18.5 Å². The highest BCUT2D eigenvalue weighted by atomic mass is 79.9. The van der Waals surface area contributed by atoms with Crippen LogP contribution in [0.4, 0.5) is 0 Å². The van der Waals surface area contributed by atoms with Crippen molar-refractivity contribution in [2.24, 2.45) is 0 Å². The van der Waals surface area contributed by atoms with Crippen LogP contribution in [0.5, 0.6) is 5.75 Å². The number of aliphatic hydroxyl groups excluding tert-OH is 2. The summed E-state index contributed by atoms with van der Waals surface area (Å²) in [5.41, 5.74) is 0. The molecule has 0 amide bonds. The van der Waals surface area contributed by atoms with Crippen molar-refractivity contribution in [2.75, 3.05) is 19.8 Å². The van der Waals surface area contributed by atoms with Crippen LogP contribution in [0.1, 0.15) is 13.3 Å². The summed E-state index contributed by atoms with van der Waals surface area (Å²) in [5, 5.41) is 21.8. The van der Waals surface area contributed by atoms with E-state index >= 15 is 0 Å². The summed E-state index contributed by atoms with van der Waals surface area (Å²) in [5.74, 6) is 0.728. The van der Waals surface area contributed by atoms with Crippen LogP contribution in [0.2, 0.25) is 0 Å². The Labute approximate surface area is 116 Å². The van der Waals surface area contributed by atoms with Gasteiger partial charge >= 0.3 is 0 Å². The first-order chi connectivity index (χ1) is 8.65. The summed E-state index contributed by atoms with van der Waals surface area (Å²) >= 11 is 3.34. The summed E-state index contributed by atoms with van der Waals surface area (Å²) in [7, 11) is 0. The maximum Gasteiger partial charge on any atom is 0.119 e. The van der Waals surface area contributed by atoms with Crippen LogP contribution in [0.25, 0.3) is 0 Å². The second-order valence-corrected chi connectivity index (χ2v) is 5.03. The minimum atomic E-state index is -0.589. The van der Waals surface area contributed by atoms with Gasteiger partial charge in [-0.3, -0.25) is 0 Å². The Morgan fingerprint density at radius 1 is 1.33 bits per heavy atom. The number of aliphatic hydroxyl groups is 2. The fourth-order valence-corrected chi connectivity index (χ4v) is 1.69. The first kappa shape index (κ1) is 15.4. The van der Waals surface area contributed by atoms with E-state index in [1.165, 1.54) is 0 Å². The van der Waals surface area contributed by atoms with Crippen LogP contribution in [-0.2, 0) is 0 Å². The van der Waals surface area contributed by atoms with Crippen LogP contribution in [0.15, 0.2) is 28.7 Å². The minimum absolute atomic E-state index is 0.0346. The molecule has 1 rings (SSSR count). The van der Waals surface area contributed by atoms with E-state index in [1.807, 2.05) is 31.2 Å². The van der Waals surface area contributed by atoms with Crippen LogP contribution >= 0.6 is 15.9 Å². The Hall–Kier alpha value is -0.620. The summed E-state index contributed by atoms with van der Waals surface area (Å²) < 4.78 is 6.44. The lowest BCUT2D eigenvalue weighted by Gasteiger charge is -2.17. The van der Waals surface area contributed by atoms with Crippen molar-refractivity contribution in [1.82, 2.24) is 5.32 Å². The molecule has 1 aromatic rings. The highest BCUT2D eigenvalue weighted by Crippen LogP contribution is 2.16. The lowest BCUT2D eigenvalue weighted by Crippen LogP contribution is -2.39. The number of benzene rings is 1. The van der Waals surface area contributed by atoms with E-state index in [2.05, 4.69) is 21.2 Å². The van der Waals surface area contributed by atoms with E-state index in [0.29, 0.717) is 6.54 Å². The second-order valence-electron chi connectivity index (χ2n) is 4.11. The normalized spacial score (nSPS) is 14.2. The van der Waals surface area contributed by atoms with Crippen molar-refractivity contribution < 1.29 is 14.9 Å². The van der Waals surface area contributed by atoms with Gasteiger partial charge < -0.3 is 20.3 Å². The predicted octanol–water partition coefficient (Wildman–Crippen LogP) is 1.55. The highest BCUT2D eigenvalue weighted by molar-refractivity contribution is 9.10. The Balaban J connectivity index is 2.24. The Morgan fingerprint density at radius 3 is 2.56 bits per heavy atom. The van der Waals surface area contributed by atoms with E-state index in [9.17, 15) is 5.11 Å². The zero-order valence-corrected chi connectivity index (χ0v) is 12.1. The number of ether oxygens (including phenoxy) is 1. The molecule has 0 bridgehead atoms. The summed E-state index contributed by atoms with van der Waals surface area (Å²) in [6.07, 6.45) is 0.241. The Kier molecular flexibility index (Phi) is 7.27. The average Bonchev–Trinajstić information content (AvgIpc) is 2.39. The Bertz CT molecular complexity index is 328. The highest BCUT2D eigenvalue weighted by Gasteiger charge is 2.09. The molecule has 0 aromatic heterocycles. The molecule has 3 N–H and O–H groups in total. The zero-order valence-electron chi connectivity index (χ0n) is 10.5. The van der Waals surface area contributed by atoms with Gasteiger partial charge in [-0.15, -0.1) is 0 Å². The largest absolute Gasteiger partial charge is 0.491 e. The standard InChI is InChI=1S/C13H20BrNO3/c1-2-11(8-16)15-7-12(17)9-18-13-5-3-10(14)4-6-13/h3-6,11-12,15-17H,2,7-9H2,1H3/t11-,12+/m1/s1. The molecule has 0 unspecified atom stereocenters. The Morgan fingerprint density at radius 2 is 2.00 bits per heavy atom. The van der Waals surface area contributed by atoms with Gasteiger partial charge in [0.25, 0.3) is 0 Å². The van der Waals surface area contributed by atoms with Crippen LogP contribution < -0.4 is 10.1 Å². The van der Waals surface area contributed by atoms with Crippen molar-refractivity contribution in [2.45, 2.75) is 25.5 Å². The van der Waals surface area contributed by atoms with Crippen molar-refractivity contribution >= 4 is 15.9 Å². The van der Waals surface area contributed by atoms with Crippen LogP contribution in [-0.4, -0.2) is 42.1 Å². The van der Waals surface area contributed by atoms with Gasteiger partial charge in [0.15, 0.2) is 0 Å². The van der Waals surface area contributed by atoms with Crippen molar-refractivity contribution in [3.8, 4) is 5.75 Å². The van der Waals surface area contributed by atoms with Crippen molar-refractivity contribution in [3.05, 3.63) is 28.7 Å². The predicted molar refractivity (Wildman–Crippen MR) is 74.8 cm³/mol.